The van der Waals surface area contributed by atoms with Crippen LogP contribution >= 0.6 is 0 Å². The number of fused-ring (bicyclic) bond motifs is 2. The molecule has 0 aliphatic rings. The summed E-state index contributed by atoms with van der Waals surface area (Å²) in [6.07, 6.45) is 7.96. The van der Waals surface area contributed by atoms with Crippen molar-refractivity contribution in [2.24, 2.45) is 28.2 Å². The van der Waals surface area contributed by atoms with E-state index in [0.29, 0.717) is 35.4 Å². The molecule has 0 aromatic carbocycles. The van der Waals surface area contributed by atoms with Crippen LogP contribution in [0.3, 0.4) is 0 Å². The molecule has 0 radical (unpaired) electrons. The summed E-state index contributed by atoms with van der Waals surface area (Å²) < 4.78 is 8.61. The first-order chi connectivity index (χ1) is 15.7. The molecular weight excluding hydrogens is 428 g/mol. The van der Waals surface area contributed by atoms with Crippen molar-refractivity contribution in [1.29, 1.82) is 0 Å². The molecule has 0 N–H and O–H groups in total. The van der Waals surface area contributed by atoms with E-state index in [1.165, 1.54) is 23.2 Å². The Labute approximate surface area is 188 Å². The summed E-state index contributed by atoms with van der Waals surface area (Å²) in [7, 11) is 6.17. The van der Waals surface area contributed by atoms with Gasteiger partial charge in [-0.15, -0.1) is 0 Å². The quantitative estimate of drug-likeness (QED) is 0.339. The molecule has 0 bridgehead atoms. The van der Waals surface area contributed by atoms with Gasteiger partial charge in [-0.1, -0.05) is 19.3 Å². The summed E-state index contributed by atoms with van der Waals surface area (Å²) in [4.78, 5) is 57.5. The first kappa shape index (κ1) is 22.5. The molecule has 0 atom stereocenters. The number of imidazole rings is 2. The number of hydrogen-bond acceptors (Lipinski definition) is 6. The zero-order valence-electron chi connectivity index (χ0n) is 19.3. The van der Waals surface area contributed by atoms with Crippen molar-refractivity contribution >= 4 is 22.3 Å². The van der Waals surface area contributed by atoms with Crippen LogP contribution in [0.5, 0.6) is 0 Å². The SMILES string of the molecule is Cn1c(=O)c2c(ncn2CCCCCCCn2cnc3c2c(=O)n(C)c(=O)n3C)n(C)c1=O. The summed E-state index contributed by atoms with van der Waals surface area (Å²) in [5.74, 6) is 0. The lowest BCUT2D eigenvalue weighted by atomic mass is 10.1. The number of unbranched alkanes of at least 4 members (excludes halogenated alkanes) is 4. The maximum atomic E-state index is 12.5. The zero-order valence-corrected chi connectivity index (χ0v) is 19.3. The molecule has 0 saturated carbocycles. The van der Waals surface area contributed by atoms with E-state index in [4.69, 9.17) is 0 Å². The van der Waals surface area contributed by atoms with E-state index in [1.54, 1.807) is 26.7 Å². The minimum absolute atomic E-state index is 0.332. The van der Waals surface area contributed by atoms with Crippen LogP contribution in [0.2, 0.25) is 0 Å². The number of aromatic nitrogens is 8. The molecule has 33 heavy (non-hydrogen) atoms. The minimum Gasteiger partial charge on any atom is -0.325 e. The molecule has 0 spiro atoms. The number of nitrogens with zero attached hydrogens (tertiary/aromatic N) is 8. The molecule has 0 aliphatic carbocycles. The van der Waals surface area contributed by atoms with E-state index >= 15 is 0 Å². The van der Waals surface area contributed by atoms with Crippen LogP contribution < -0.4 is 22.5 Å². The lowest BCUT2D eigenvalue weighted by Gasteiger charge is -2.08. The number of hydrogen-bond donors (Lipinski definition) is 0. The van der Waals surface area contributed by atoms with Crippen LogP contribution in [0.25, 0.3) is 22.3 Å². The van der Waals surface area contributed by atoms with Crippen molar-refractivity contribution in [2.45, 2.75) is 45.2 Å². The van der Waals surface area contributed by atoms with Gasteiger partial charge in [0.2, 0.25) is 0 Å². The van der Waals surface area contributed by atoms with Gasteiger partial charge in [-0.3, -0.25) is 27.9 Å². The van der Waals surface area contributed by atoms with Crippen LogP contribution in [0, 0.1) is 0 Å². The molecular formula is C21H28N8O4. The average molecular weight is 457 g/mol. The van der Waals surface area contributed by atoms with E-state index in [0.717, 1.165) is 41.2 Å². The molecule has 0 fully saturated rings. The monoisotopic (exact) mass is 456 g/mol. The molecule has 4 rings (SSSR count). The topological polar surface area (TPSA) is 124 Å². The summed E-state index contributed by atoms with van der Waals surface area (Å²) in [5, 5.41) is 0. The van der Waals surface area contributed by atoms with E-state index in [2.05, 4.69) is 9.97 Å². The molecule has 4 heterocycles. The fourth-order valence-corrected chi connectivity index (χ4v) is 4.23. The summed E-state index contributed by atoms with van der Waals surface area (Å²) in [6.45, 7) is 1.31. The standard InChI is InChI=1S/C21H28N8O4/c1-24-16-14(18(30)26(3)20(24)32)28(12-22-16)10-8-6-5-7-9-11-29-13-23-17-15(29)19(31)27(4)21(33)25(17)2/h12-13H,5-11H2,1-4H3. The summed E-state index contributed by atoms with van der Waals surface area (Å²) in [5.41, 5.74) is 0.263. The van der Waals surface area contributed by atoms with Crippen molar-refractivity contribution in [3.63, 3.8) is 0 Å². The van der Waals surface area contributed by atoms with Gasteiger partial charge in [-0.2, -0.15) is 0 Å². The first-order valence-corrected chi connectivity index (χ1v) is 11.0. The van der Waals surface area contributed by atoms with E-state index in [1.807, 2.05) is 9.13 Å². The molecule has 0 aliphatic heterocycles. The van der Waals surface area contributed by atoms with Crippen LogP contribution in [-0.4, -0.2) is 37.4 Å². The third-order valence-electron chi connectivity index (χ3n) is 6.23. The van der Waals surface area contributed by atoms with Gasteiger partial charge >= 0.3 is 11.4 Å². The van der Waals surface area contributed by atoms with Crippen LogP contribution in [0.1, 0.15) is 32.1 Å². The van der Waals surface area contributed by atoms with E-state index in [9.17, 15) is 19.2 Å². The fourth-order valence-electron chi connectivity index (χ4n) is 4.23. The maximum absolute atomic E-state index is 12.5. The number of rotatable bonds is 8. The van der Waals surface area contributed by atoms with E-state index in [-0.39, 0.29) is 22.5 Å². The lowest BCUT2D eigenvalue weighted by Crippen LogP contribution is -2.37. The van der Waals surface area contributed by atoms with Crippen molar-refractivity contribution in [1.82, 2.24) is 37.4 Å². The molecule has 4 aromatic rings. The fraction of sp³-hybridized carbons (Fsp3) is 0.524. The molecule has 12 heteroatoms. The molecule has 176 valence electrons. The highest BCUT2D eigenvalue weighted by molar-refractivity contribution is 5.70. The molecule has 0 saturated heterocycles. The van der Waals surface area contributed by atoms with Gasteiger partial charge in [0.15, 0.2) is 22.3 Å². The molecule has 0 unspecified atom stereocenters. The highest BCUT2D eigenvalue weighted by Crippen LogP contribution is 2.11. The Hall–Kier alpha value is -3.70. The number of aryl methyl sites for hydroxylation is 4. The predicted molar refractivity (Wildman–Crippen MR) is 124 cm³/mol. The van der Waals surface area contributed by atoms with Gasteiger partial charge in [-0.05, 0) is 12.8 Å². The second-order valence-electron chi connectivity index (χ2n) is 8.40. The normalized spacial score (nSPS) is 11.8. The Morgan fingerprint density at radius 1 is 0.576 bits per heavy atom. The second-order valence-corrected chi connectivity index (χ2v) is 8.40. The Kier molecular flexibility index (Phi) is 5.91. The Balaban J connectivity index is 1.32. The largest absolute Gasteiger partial charge is 0.332 e. The molecule has 12 nitrogen and oxygen atoms in total. The first-order valence-electron chi connectivity index (χ1n) is 11.0. The van der Waals surface area contributed by atoms with Gasteiger partial charge in [0.1, 0.15) is 0 Å². The molecule has 0 amide bonds. The third-order valence-corrected chi connectivity index (χ3v) is 6.23. The van der Waals surface area contributed by atoms with Gasteiger partial charge in [0, 0.05) is 41.3 Å². The van der Waals surface area contributed by atoms with Crippen LogP contribution in [0.15, 0.2) is 31.8 Å². The van der Waals surface area contributed by atoms with Gasteiger partial charge in [-0.25, -0.2) is 19.6 Å². The minimum atomic E-state index is -0.386. The summed E-state index contributed by atoms with van der Waals surface area (Å²) >= 11 is 0. The van der Waals surface area contributed by atoms with Gasteiger partial charge < -0.3 is 9.13 Å². The second kappa shape index (κ2) is 8.68. The van der Waals surface area contributed by atoms with Crippen molar-refractivity contribution in [3.8, 4) is 0 Å². The maximum Gasteiger partial charge on any atom is 0.332 e. The summed E-state index contributed by atoms with van der Waals surface area (Å²) in [6, 6.07) is 0. The zero-order chi connectivity index (χ0) is 23.9. The highest BCUT2D eigenvalue weighted by Gasteiger charge is 2.15. The smallest absolute Gasteiger partial charge is 0.325 e. The van der Waals surface area contributed by atoms with E-state index < -0.39 is 0 Å². The molecule has 4 aromatic heterocycles. The lowest BCUT2D eigenvalue weighted by molar-refractivity contribution is 0.540. The third kappa shape index (κ3) is 3.74. The van der Waals surface area contributed by atoms with Gasteiger partial charge in [0.25, 0.3) is 11.1 Å². The Bertz CT molecular complexity index is 1460. The van der Waals surface area contributed by atoms with Gasteiger partial charge in [0.05, 0.1) is 12.7 Å². The highest BCUT2D eigenvalue weighted by atomic mass is 16.2. The average Bonchev–Trinajstić information content (AvgIpc) is 3.42. The van der Waals surface area contributed by atoms with Crippen molar-refractivity contribution in [2.75, 3.05) is 0 Å². The Morgan fingerprint density at radius 3 is 1.33 bits per heavy atom. The van der Waals surface area contributed by atoms with Crippen molar-refractivity contribution < 1.29 is 0 Å². The predicted octanol–water partition coefficient (Wildman–Crippen LogP) is -0.168. The van der Waals surface area contributed by atoms with Crippen LogP contribution in [0.4, 0.5) is 0 Å². The van der Waals surface area contributed by atoms with Crippen LogP contribution in [-0.2, 0) is 41.3 Å². The Morgan fingerprint density at radius 2 is 0.939 bits per heavy atom. The van der Waals surface area contributed by atoms with Crippen molar-refractivity contribution in [3.05, 3.63) is 54.3 Å².